The Morgan fingerprint density at radius 3 is 2.85 bits per heavy atom. The van der Waals surface area contributed by atoms with Gasteiger partial charge >= 0.3 is 0 Å². The molecule has 0 aliphatic carbocycles. The van der Waals surface area contributed by atoms with E-state index in [0.717, 1.165) is 38.1 Å². The van der Waals surface area contributed by atoms with Gasteiger partial charge in [0.15, 0.2) is 0 Å². The number of nitrogens with zero attached hydrogens (tertiary/aromatic N) is 2. The number of pyridine rings is 2. The highest BCUT2D eigenvalue weighted by molar-refractivity contribution is 8.00. The number of para-hydroxylation sites is 2. The molecule has 1 amide bonds. The molecule has 0 unspecified atom stereocenters. The second kappa shape index (κ2) is 7.14. The Bertz CT molecular complexity index is 1110. The van der Waals surface area contributed by atoms with Crippen LogP contribution in [-0.2, 0) is 4.79 Å². The molecule has 0 radical (unpaired) electrons. The molecule has 0 fully saturated rings. The fourth-order valence-corrected chi connectivity index (χ4v) is 3.77. The lowest BCUT2D eigenvalue weighted by Crippen LogP contribution is -2.14. The topological polar surface area (TPSA) is 54.9 Å². The van der Waals surface area contributed by atoms with Crippen LogP contribution in [0.25, 0.3) is 21.8 Å². The van der Waals surface area contributed by atoms with E-state index in [9.17, 15) is 4.79 Å². The number of carbonyl (C=O) groups is 1. The molecule has 0 bridgehead atoms. The van der Waals surface area contributed by atoms with Gasteiger partial charge in [-0.3, -0.25) is 14.8 Å². The van der Waals surface area contributed by atoms with Crippen LogP contribution in [0.1, 0.15) is 5.69 Å². The summed E-state index contributed by atoms with van der Waals surface area (Å²) in [7, 11) is 0. The van der Waals surface area contributed by atoms with Gasteiger partial charge in [0.2, 0.25) is 5.91 Å². The summed E-state index contributed by atoms with van der Waals surface area (Å²) in [6, 6.07) is 19.7. The van der Waals surface area contributed by atoms with Crippen molar-refractivity contribution in [1.82, 2.24) is 9.97 Å². The summed E-state index contributed by atoms with van der Waals surface area (Å²) in [5.74, 6) is 0.282. The van der Waals surface area contributed by atoms with E-state index in [1.165, 1.54) is 11.8 Å². The molecular weight excluding hydrogens is 342 g/mol. The van der Waals surface area contributed by atoms with Gasteiger partial charge in [0.1, 0.15) is 0 Å². The molecule has 0 saturated carbocycles. The van der Waals surface area contributed by atoms with Gasteiger partial charge in [-0.05, 0) is 31.2 Å². The molecule has 0 atom stereocenters. The third-order valence-electron chi connectivity index (χ3n) is 4.07. The van der Waals surface area contributed by atoms with Gasteiger partial charge in [-0.2, -0.15) is 0 Å². The van der Waals surface area contributed by atoms with Crippen LogP contribution in [0, 0.1) is 6.92 Å². The summed E-state index contributed by atoms with van der Waals surface area (Å²) in [5, 5.41) is 5.05. The molecule has 2 aromatic carbocycles. The minimum absolute atomic E-state index is 0.0429. The highest BCUT2D eigenvalue weighted by atomic mass is 32.2. The first-order valence-electron chi connectivity index (χ1n) is 8.33. The molecular formula is C21H17N3OS. The van der Waals surface area contributed by atoms with E-state index in [4.69, 9.17) is 0 Å². The lowest BCUT2D eigenvalue weighted by molar-refractivity contribution is -0.113. The zero-order chi connectivity index (χ0) is 17.9. The van der Waals surface area contributed by atoms with E-state index >= 15 is 0 Å². The van der Waals surface area contributed by atoms with Crippen LogP contribution >= 0.6 is 11.8 Å². The third kappa shape index (κ3) is 3.39. The van der Waals surface area contributed by atoms with Crippen molar-refractivity contribution in [2.24, 2.45) is 0 Å². The first-order chi connectivity index (χ1) is 12.7. The van der Waals surface area contributed by atoms with Crippen molar-refractivity contribution < 1.29 is 4.79 Å². The third-order valence-corrected chi connectivity index (χ3v) is 5.12. The summed E-state index contributed by atoms with van der Waals surface area (Å²) in [4.78, 5) is 22.5. The number of anilines is 1. The predicted molar refractivity (Wildman–Crippen MR) is 108 cm³/mol. The van der Waals surface area contributed by atoms with Crippen molar-refractivity contribution in [2.45, 2.75) is 11.8 Å². The normalized spacial score (nSPS) is 11.0. The number of benzene rings is 2. The van der Waals surface area contributed by atoms with E-state index in [1.54, 1.807) is 6.20 Å². The summed E-state index contributed by atoms with van der Waals surface area (Å²) in [5.41, 5.74) is 3.49. The second-order valence-electron chi connectivity index (χ2n) is 6.00. The van der Waals surface area contributed by atoms with Crippen LogP contribution in [-0.4, -0.2) is 21.6 Å². The highest BCUT2D eigenvalue weighted by Gasteiger charge is 2.10. The van der Waals surface area contributed by atoms with Crippen LogP contribution in [0.2, 0.25) is 0 Å². The molecule has 0 aliphatic heterocycles. The molecule has 4 aromatic rings. The molecule has 4 rings (SSSR count). The Hall–Kier alpha value is -2.92. The maximum absolute atomic E-state index is 12.5. The van der Waals surface area contributed by atoms with Gasteiger partial charge in [-0.15, -0.1) is 11.8 Å². The van der Waals surface area contributed by atoms with Crippen molar-refractivity contribution in [3.05, 3.63) is 72.6 Å². The van der Waals surface area contributed by atoms with E-state index in [-0.39, 0.29) is 5.91 Å². The summed E-state index contributed by atoms with van der Waals surface area (Å²) in [6.07, 6.45) is 1.78. The molecule has 0 spiro atoms. The van der Waals surface area contributed by atoms with Crippen molar-refractivity contribution in [2.75, 3.05) is 11.1 Å². The van der Waals surface area contributed by atoms with E-state index in [0.29, 0.717) is 5.75 Å². The molecule has 26 heavy (non-hydrogen) atoms. The Morgan fingerprint density at radius 2 is 1.92 bits per heavy atom. The van der Waals surface area contributed by atoms with Crippen LogP contribution < -0.4 is 5.32 Å². The smallest absolute Gasteiger partial charge is 0.234 e. The van der Waals surface area contributed by atoms with Gasteiger partial charge in [0, 0.05) is 27.6 Å². The molecule has 1 N–H and O–H groups in total. The average molecular weight is 359 g/mol. The van der Waals surface area contributed by atoms with Crippen molar-refractivity contribution in [1.29, 1.82) is 0 Å². The lowest BCUT2D eigenvalue weighted by atomic mass is 10.1. The van der Waals surface area contributed by atoms with Crippen LogP contribution in [0.3, 0.4) is 0 Å². The summed E-state index contributed by atoms with van der Waals surface area (Å²) < 4.78 is 0. The van der Waals surface area contributed by atoms with E-state index in [1.807, 2.05) is 67.6 Å². The number of fused-ring (bicyclic) bond motifs is 2. The van der Waals surface area contributed by atoms with Gasteiger partial charge in [-0.1, -0.05) is 36.4 Å². The number of aryl methyl sites for hydroxylation is 1. The van der Waals surface area contributed by atoms with Crippen LogP contribution in [0.4, 0.5) is 5.69 Å². The number of hydrogen-bond acceptors (Lipinski definition) is 4. The maximum atomic E-state index is 12.5. The Kier molecular flexibility index (Phi) is 4.54. The predicted octanol–water partition coefficient (Wildman–Crippen LogP) is 4.82. The lowest BCUT2D eigenvalue weighted by Gasteiger charge is -2.10. The summed E-state index contributed by atoms with van der Waals surface area (Å²) in [6.45, 7) is 1.93. The fourth-order valence-electron chi connectivity index (χ4n) is 2.93. The molecule has 2 heterocycles. The van der Waals surface area contributed by atoms with Gasteiger partial charge in [0.05, 0.1) is 22.5 Å². The van der Waals surface area contributed by atoms with Gasteiger partial charge in [-0.25, -0.2) is 0 Å². The fraction of sp³-hybridized carbons (Fsp3) is 0.0952. The van der Waals surface area contributed by atoms with Gasteiger partial charge < -0.3 is 5.32 Å². The van der Waals surface area contributed by atoms with Crippen molar-refractivity contribution in [3.8, 4) is 0 Å². The Balaban J connectivity index is 1.53. The minimum atomic E-state index is -0.0429. The van der Waals surface area contributed by atoms with Crippen LogP contribution in [0.5, 0.6) is 0 Å². The van der Waals surface area contributed by atoms with E-state index < -0.39 is 0 Å². The quantitative estimate of drug-likeness (QED) is 0.531. The Morgan fingerprint density at radius 1 is 1.08 bits per heavy atom. The molecule has 2 aromatic heterocycles. The molecule has 128 valence electrons. The van der Waals surface area contributed by atoms with Crippen molar-refractivity contribution in [3.63, 3.8) is 0 Å². The number of carbonyl (C=O) groups excluding carboxylic acids is 1. The molecule has 0 saturated heterocycles. The number of nitrogens with one attached hydrogen (secondary N) is 1. The summed E-state index contributed by atoms with van der Waals surface area (Å²) >= 11 is 1.50. The number of aromatic nitrogens is 2. The molecule has 4 nitrogen and oxygen atoms in total. The van der Waals surface area contributed by atoms with Gasteiger partial charge in [0.25, 0.3) is 0 Å². The molecule has 0 aliphatic rings. The largest absolute Gasteiger partial charge is 0.325 e. The molecule has 5 heteroatoms. The minimum Gasteiger partial charge on any atom is -0.325 e. The highest BCUT2D eigenvalue weighted by Crippen LogP contribution is 2.27. The number of amides is 1. The average Bonchev–Trinajstić information content (AvgIpc) is 2.66. The Labute approximate surface area is 155 Å². The maximum Gasteiger partial charge on any atom is 0.234 e. The number of hydrogen-bond donors (Lipinski definition) is 1. The van der Waals surface area contributed by atoms with Crippen LogP contribution in [0.15, 0.2) is 71.8 Å². The number of thioether (sulfide) groups is 1. The first-order valence-corrected chi connectivity index (χ1v) is 9.32. The SMILES string of the molecule is Cc1cc(NC(=O)CSc2cccc3cccnc23)c2ccccc2n1. The van der Waals surface area contributed by atoms with E-state index in [2.05, 4.69) is 15.3 Å². The monoisotopic (exact) mass is 359 g/mol. The number of rotatable bonds is 4. The zero-order valence-corrected chi connectivity index (χ0v) is 15.1. The zero-order valence-electron chi connectivity index (χ0n) is 14.3. The standard InChI is InChI=1S/C21H17N3OS/c1-14-12-18(16-8-2-3-9-17(16)23-14)24-20(25)13-26-19-10-4-6-15-7-5-11-22-21(15)19/h2-12H,13H2,1H3,(H,23,24,25). The second-order valence-corrected chi connectivity index (χ2v) is 7.01. The van der Waals surface area contributed by atoms with Crippen molar-refractivity contribution >= 4 is 45.2 Å². The first kappa shape index (κ1) is 16.5.